The number of piperazine rings is 1. The number of carbonyl (C=O) groups is 2. The Hall–Kier alpha value is -2.24. The first-order valence-electron chi connectivity index (χ1n) is 9.23. The Balaban J connectivity index is 1.50. The van der Waals surface area contributed by atoms with E-state index in [1.54, 1.807) is 17.0 Å². The van der Waals surface area contributed by atoms with Crippen molar-refractivity contribution in [3.8, 4) is 5.75 Å². The van der Waals surface area contributed by atoms with E-state index in [0.29, 0.717) is 26.1 Å². The van der Waals surface area contributed by atoms with Crippen LogP contribution >= 0.6 is 0 Å². The van der Waals surface area contributed by atoms with Crippen LogP contribution in [0, 0.1) is 0 Å². The van der Waals surface area contributed by atoms with Crippen molar-refractivity contribution in [2.75, 3.05) is 44.2 Å². The number of carbonyl (C=O) groups excluding carboxylic acids is 2. The molecule has 0 aliphatic carbocycles. The van der Waals surface area contributed by atoms with Crippen molar-refractivity contribution in [1.29, 1.82) is 0 Å². The van der Waals surface area contributed by atoms with Gasteiger partial charge in [-0.15, -0.1) is 0 Å². The number of phenols is 1. The molecule has 2 amide bonds. The summed E-state index contributed by atoms with van der Waals surface area (Å²) in [6, 6.07) is 7.15. The third-order valence-corrected chi connectivity index (χ3v) is 5.09. The molecule has 6 nitrogen and oxygen atoms in total. The van der Waals surface area contributed by atoms with Crippen LogP contribution in [0.15, 0.2) is 24.3 Å². The van der Waals surface area contributed by atoms with Gasteiger partial charge < -0.3 is 19.8 Å². The second kappa shape index (κ2) is 8.23. The molecule has 136 valence electrons. The molecule has 0 radical (unpaired) electrons. The summed E-state index contributed by atoms with van der Waals surface area (Å²) in [7, 11) is 0. The Morgan fingerprint density at radius 3 is 2.32 bits per heavy atom. The number of hydrogen-bond acceptors (Lipinski definition) is 4. The average Bonchev–Trinajstić information content (AvgIpc) is 2.62. The molecule has 2 aliphatic heterocycles. The summed E-state index contributed by atoms with van der Waals surface area (Å²) in [5, 5.41) is 9.38. The first kappa shape index (κ1) is 17.6. The number of aromatic hydroxyl groups is 1. The molecule has 0 unspecified atom stereocenters. The summed E-state index contributed by atoms with van der Waals surface area (Å²) in [5.74, 6) is 0.436. The van der Waals surface area contributed by atoms with E-state index in [1.165, 1.54) is 0 Å². The zero-order valence-electron chi connectivity index (χ0n) is 14.7. The minimum Gasteiger partial charge on any atom is -0.508 e. The Morgan fingerprint density at radius 1 is 0.920 bits per heavy atom. The third-order valence-electron chi connectivity index (χ3n) is 5.09. The van der Waals surface area contributed by atoms with Gasteiger partial charge in [0.15, 0.2) is 0 Å². The zero-order valence-corrected chi connectivity index (χ0v) is 14.7. The number of nitrogens with zero attached hydrogens (tertiary/aromatic N) is 3. The van der Waals surface area contributed by atoms with Gasteiger partial charge in [-0.3, -0.25) is 9.59 Å². The number of hydrogen-bond donors (Lipinski definition) is 1. The Morgan fingerprint density at radius 2 is 1.60 bits per heavy atom. The number of benzene rings is 1. The molecule has 1 aromatic rings. The largest absolute Gasteiger partial charge is 0.508 e. The normalized spacial score (nSPS) is 19.5. The minimum absolute atomic E-state index is 0.0549. The molecule has 0 aromatic heterocycles. The Bertz CT molecular complexity index is 594. The Kier molecular flexibility index (Phi) is 5.79. The van der Waals surface area contributed by atoms with Gasteiger partial charge in [-0.05, 0) is 37.1 Å². The molecular formula is C19H27N3O3. The van der Waals surface area contributed by atoms with Gasteiger partial charge in [0.1, 0.15) is 5.75 Å². The predicted octanol–water partition coefficient (Wildman–Crippen LogP) is 1.83. The smallest absolute Gasteiger partial charge is 0.242 e. The quantitative estimate of drug-likeness (QED) is 0.908. The van der Waals surface area contributed by atoms with E-state index in [2.05, 4.69) is 4.90 Å². The van der Waals surface area contributed by atoms with Crippen molar-refractivity contribution in [3.05, 3.63) is 24.3 Å². The second-order valence-electron chi connectivity index (χ2n) is 6.86. The van der Waals surface area contributed by atoms with Crippen molar-refractivity contribution in [2.45, 2.75) is 32.1 Å². The zero-order chi connectivity index (χ0) is 17.6. The van der Waals surface area contributed by atoms with Gasteiger partial charge in [-0.1, -0.05) is 12.8 Å². The van der Waals surface area contributed by atoms with Crippen LogP contribution in [0.2, 0.25) is 0 Å². The number of phenolic OH excluding ortho intramolecular Hbond substituents is 1. The highest BCUT2D eigenvalue weighted by Gasteiger charge is 2.25. The molecule has 2 heterocycles. The van der Waals surface area contributed by atoms with Crippen molar-refractivity contribution in [1.82, 2.24) is 9.80 Å². The lowest BCUT2D eigenvalue weighted by molar-refractivity contribution is -0.141. The molecule has 1 N–H and O–H groups in total. The number of amides is 2. The number of rotatable bonds is 3. The maximum atomic E-state index is 12.6. The van der Waals surface area contributed by atoms with E-state index >= 15 is 0 Å². The van der Waals surface area contributed by atoms with Gasteiger partial charge in [0.2, 0.25) is 11.8 Å². The van der Waals surface area contributed by atoms with Crippen LogP contribution in [0.3, 0.4) is 0 Å². The van der Waals surface area contributed by atoms with Crippen LogP contribution in [-0.4, -0.2) is 66.0 Å². The number of anilines is 1. The molecule has 1 aromatic carbocycles. The summed E-state index contributed by atoms with van der Waals surface area (Å²) < 4.78 is 0. The first-order valence-corrected chi connectivity index (χ1v) is 9.23. The standard InChI is InChI=1S/C19H27N3O3/c23-17-8-6-16(7-9-17)20-11-13-21(14-12-20)19(25)15-22-10-4-2-1-3-5-18(22)24/h6-9,23H,1-5,10-15H2. The Labute approximate surface area is 149 Å². The van der Waals surface area contributed by atoms with Gasteiger partial charge in [0.05, 0.1) is 6.54 Å². The highest BCUT2D eigenvalue weighted by Crippen LogP contribution is 2.20. The lowest BCUT2D eigenvalue weighted by atomic mass is 10.1. The van der Waals surface area contributed by atoms with Crippen molar-refractivity contribution in [3.63, 3.8) is 0 Å². The fraction of sp³-hybridized carbons (Fsp3) is 0.579. The lowest BCUT2D eigenvalue weighted by Crippen LogP contribution is -2.52. The van der Waals surface area contributed by atoms with E-state index in [0.717, 1.165) is 44.5 Å². The average molecular weight is 345 g/mol. The fourth-order valence-electron chi connectivity index (χ4n) is 3.52. The van der Waals surface area contributed by atoms with Crippen LogP contribution in [-0.2, 0) is 9.59 Å². The fourth-order valence-corrected chi connectivity index (χ4v) is 3.52. The predicted molar refractivity (Wildman–Crippen MR) is 96.6 cm³/mol. The molecule has 2 saturated heterocycles. The van der Waals surface area contributed by atoms with Gasteiger partial charge in [0.25, 0.3) is 0 Å². The summed E-state index contributed by atoms with van der Waals surface area (Å²) in [4.78, 5) is 30.6. The van der Waals surface area contributed by atoms with Gasteiger partial charge in [-0.2, -0.15) is 0 Å². The van der Waals surface area contributed by atoms with Crippen LogP contribution < -0.4 is 4.90 Å². The highest BCUT2D eigenvalue weighted by molar-refractivity contribution is 5.85. The van der Waals surface area contributed by atoms with E-state index in [4.69, 9.17) is 0 Å². The summed E-state index contributed by atoms with van der Waals surface area (Å²) in [5.41, 5.74) is 1.06. The van der Waals surface area contributed by atoms with E-state index in [1.807, 2.05) is 17.0 Å². The van der Waals surface area contributed by atoms with E-state index in [-0.39, 0.29) is 24.1 Å². The second-order valence-corrected chi connectivity index (χ2v) is 6.86. The molecule has 25 heavy (non-hydrogen) atoms. The lowest BCUT2D eigenvalue weighted by Gasteiger charge is -2.37. The minimum atomic E-state index is 0.0549. The van der Waals surface area contributed by atoms with Crippen molar-refractivity contribution in [2.24, 2.45) is 0 Å². The van der Waals surface area contributed by atoms with Gasteiger partial charge in [0, 0.05) is 44.8 Å². The first-order chi connectivity index (χ1) is 12.1. The van der Waals surface area contributed by atoms with Crippen LogP contribution in [0.5, 0.6) is 5.75 Å². The molecule has 6 heteroatoms. The maximum Gasteiger partial charge on any atom is 0.242 e. The number of likely N-dealkylation sites (tertiary alicyclic amines) is 1. The third kappa shape index (κ3) is 4.65. The van der Waals surface area contributed by atoms with Gasteiger partial charge in [-0.25, -0.2) is 0 Å². The molecule has 2 aliphatic rings. The molecule has 3 rings (SSSR count). The van der Waals surface area contributed by atoms with Crippen molar-refractivity contribution < 1.29 is 14.7 Å². The van der Waals surface area contributed by atoms with Crippen molar-refractivity contribution >= 4 is 17.5 Å². The summed E-state index contributed by atoms with van der Waals surface area (Å²) in [6.07, 6.45) is 4.76. The van der Waals surface area contributed by atoms with E-state index in [9.17, 15) is 14.7 Å². The van der Waals surface area contributed by atoms with Gasteiger partial charge >= 0.3 is 0 Å². The van der Waals surface area contributed by atoms with Crippen LogP contribution in [0.25, 0.3) is 0 Å². The summed E-state index contributed by atoms with van der Waals surface area (Å²) >= 11 is 0. The van der Waals surface area contributed by atoms with E-state index < -0.39 is 0 Å². The molecule has 0 saturated carbocycles. The SMILES string of the molecule is O=C(CN1CCCCCCC1=O)N1CCN(c2ccc(O)cc2)CC1. The molecule has 0 atom stereocenters. The molecule has 2 fully saturated rings. The molecule has 0 spiro atoms. The summed E-state index contributed by atoms with van der Waals surface area (Å²) in [6.45, 7) is 3.80. The van der Waals surface area contributed by atoms with Crippen LogP contribution in [0.4, 0.5) is 5.69 Å². The molecule has 0 bridgehead atoms. The highest BCUT2D eigenvalue weighted by atomic mass is 16.3. The maximum absolute atomic E-state index is 12.6. The van der Waals surface area contributed by atoms with Crippen LogP contribution in [0.1, 0.15) is 32.1 Å². The topological polar surface area (TPSA) is 64.1 Å². The molecular weight excluding hydrogens is 318 g/mol. The monoisotopic (exact) mass is 345 g/mol.